The van der Waals surface area contributed by atoms with Gasteiger partial charge in [-0.25, -0.2) is 4.98 Å². The number of benzene rings is 5. The van der Waals surface area contributed by atoms with Gasteiger partial charge in [-0.05, 0) is 90.4 Å². The third kappa shape index (κ3) is 10.3. The number of aliphatic hydroxyl groups is 1. The Bertz CT molecular complexity index is 2680. The first-order valence-corrected chi connectivity index (χ1v) is 21.5. The Morgan fingerprint density at radius 2 is 1.58 bits per heavy atom. The highest BCUT2D eigenvalue weighted by molar-refractivity contribution is 6.32. The minimum atomic E-state index is -0.208. The van der Waals surface area contributed by atoms with E-state index < -0.39 is 0 Å². The topological polar surface area (TPSA) is 118 Å². The standard InChI is InChI=1S/C51H51ClN6O4/c1-35-40(13-8-14-43(35)44-15-9-18-48(36(44)2)60-22-10-20-57-21-19-42(59)32-57)34-62-50-25-49(61-33-39-23-38(26-53)27-54-28-39)41(24-45(50)52)29-55-30-51-56-46-16-6-7-17-47(46)58(51)31-37-11-4-3-5-12-37/h3-9,11-18,23-25,27-28,42,55,59H,10,19-22,29-34H2,1-2H3/t42-/m1/s1. The summed E-state index contributed by atoms with van der Waals surface area (Å²) in [4.78, 5) is 11.5. The lowest BCUT2D eigenvalue weighted by atomic mass is 9.93. The number of rotatable bonds is 18. The van der Waals surface area contributed by atoms with Crippen LogP contribution in [0.15, 0.2) is 122 Å². The van der Waals surface area contributed by atoms with Crippen LogP contribution in [0, 0.1) is 25.2 Å². The number of nitrogens with zero attached hydrogens (tertiary/aromatic N) is 5. The number of imidazole rings is 1. The molecule has 8 rings (SSSR count). The smallest absolute Gasteiger partial charge is 0.142 e. The van der Waals surface area contributed by atoms with Gasteiger partial charge in [-0.1, -0.05) is 84.4 Å². The first-order chi connectivity index (χ1) is 30.3. The number of fused-ring (bicyclic) bond motifs is 1. The van der Waals surface area contributed by atoms with Gasteiger partial charge in [0.25, 0.3) is 0 Å². The van der Waals surface area contributed by atoms with Gasteiger partial charge in [0.1, 0.15) is 42.4 Å². The van der Waals surface area contributed by atoms with E-state index in [1.54, 1.807) is 12.3 Å². The van der Waals surface area contributed by atoms with Crippen molar-refractivity contribution in [3.63, 3.8) is 0 Å². The van der Waals surface area contributed by atoms with Gasteiger partial charge >= 0.3 is 0 Å². The van der Waals surface area contributed by atoms with Gasteiger partial charge in [0.05, 0.1) is 40.9 Å². The molecule has 11 heteroatoms. The van der Waals surface area contributed by atoms with E-state index in [0.717, 1.165) is 94.0 Å². The summed E-state index contributed by atoms with van der Waals surface area (Å²) in [6, 6.07) is 38.7. The first-order valence-electron chi connectivity index (χ1n) is 21.2. The number of hydrogen-bond acceptors (Lipinski definition) is 9. The molecule has 0 amide bonds. The van der Waals surface area contributed by atoms with Crippen LogP contribution >= 0.6 is 11.6 Å². The number of aromatic nitrogens is 3. The largest absolute Gasteiger partial charge is 0.493 e. The van der Waals surface area contributed by atoms with Crippen LogP contribution < -0.4 is 19.5 Å². The zero-order chi connectivity index (χ0) is 42.8. The molecule has 1 aliphatic rings. The molecule has 1 saturated heterocycles. The number of nitrogens with one attached hydrogen (secondary N) is 1. The van der Waals surface area contributed by atoms with E-state index in [2.05, 4.69) is 94.3 Å². The second kappa shape index (κ2) is 20.1. The maximum Gasteiger partial charge on any atom is 0.142 e. The molecule has 0 aliphatic carbocycles. The van der Waals surface area contributed by atoms with Gasteiger partial charge in [-0.15, -0.1) is 0 Å². The van der Waals surface area contributed by atoms with Gasteiger partial charge in [0.2, 0.25) is 0 Å². The van der Waals surface area contributed by atoms with Crippen LogP contribution in [0.3, 0.4) is 0 Å². The van der Waals surface area contributed by atoms with E-state index in [4.69, 9.17) is 30.8 Å². The van der Waals surface area contributed by atoms with Crippen molar-refractivity contribution >= 4 is 22.6 Å². The first kappa shape index (κ1) is 42.5. The summed E-state index contributed by atoms with van der Waals surface area (Å²) in [5, 5.41) is 23.4. The lowest BCUT2D eigenvalue weighted by Gasteiger charge is -2.19. The van der Waals surface area contributed by atoms with E-state index in [0.29, 0.717) is 54.9 Å². The monoisotopic (exact) mass is 846 g/mol. The molecule has 62 heavy (non-hydrogen) atoms. The third-order valence-corrected chi connectivity index (χ3v) is 11.8. The van der Waals surface area contributed by atoms with Crippen molar-refractivity contribution in [2.24, 2.45) is 0 Å². The molecule has 0 saturated carbocycles. The van der Waals surface area contributed by atoms with Crippen molar-refractivity contribution in [1.82, 2.24) is 24.8 Å². The normalized spacial score (nSPS) is 14.0. The Kier molecular flexibility index (Phi) is 13.8. The van der Waals surface area contributed by atoms with Crippen LogP contribution in [-0.2, 0) is 32.8 Å². The average Bonchev–Trinajstić information content (AvgIpc) is 3.87. The molecular formula is C51H51ClN6O4. The quantitative estimate of drug-likeness (QED) is 0.0815. The van der Waals surface area contributed by atoms with Crippen molar-refractivity contribution < 1.29 is 19.3 Å². The lowest BCUT2D eigenvalue weighted by Crippen LogP contribution is -2.24. The highest BCUT2D eigenvalue weighted by Gasteiger charge is 2.20. The lowest BCUT2D eigenvalue weighted by molar-refractivity contribution is 0.173. The van der Waals surface area contributed by atoms with Crippen molar-refractivity contribution in [2.75, 3.05) is 26.2 Å². The Morgan fingerprint density at radius 3 is 2.40 bits per heavy atom. The molecule has 1 atom stereocenters. The molecule has 1 fully saturated rings. The summed E-state index contributed by atoms with van der Waals surface area (Å²) >= 11 is 6.99. The summed E-state index contributed by atoms with van der Waals surface area (Å²) in [5.41, 5.74) is 10.8. The molecule has 7 aromatic rings. The number of hydrogen-bond donors (Lipinski definition) is 2. The number of ether oxygens (including phenoxy) is 3. The SMILES string of the molecule is Cc1c(COc2cc(OCc3cncc(C#N)c3)c(CNCc3nc4ccccc4n3Cc3ccccc3)cc2Cl)cccc1-c1cccc(OCCCN2CC[C@@H](O)C2)c1C. The molecule has 2 aromatic heterocycles. The maximum atomic E-state index is 9.85. The number of β-amino-alcohol motifs (C(OH)–C–C–N with tert-alkyl or cyclic N) is 1. The predicted molar refractivity (Wildman–Crippen MR) is 243 cm³/mol. The molecule has 1 aliphatic heterocycles. The van der Waals surface area contributed by atoms with Gasteiger partial charge < -0.3 is 34.1 Å². The molecule has 3 heterocycles. The number of aliphatic hydroxyl groups excluding tert-OH is 1. The predicted octanol–water partition coefficient (Wildman–Crippen LogP) is 9.57. The molecule has 0 radical (unpaired) electrons. The molecule has 0 unspecified atom stereocenters. The van der Waals surface area contributed by atoms with Crippen LogP contribution in [-0.4, -0.2) is 56.9 Å². The molecule has 0 bridgehead atoms. The number of likely N-dealkylation sites (tertiary alicyclic amines) is 1. The number of nitriles is 1. The number of pyridine rings is 1. The van der Waals surface area contributed by atoms with Crippen LogP contribution in [0.1, 0.15) is 57.6 Å². The molecule has 10 nitrogen and oxygen atoms in total. The fraction of sp³-hybridized carbons (Fsp3) is 0.275. The van der Waals surface area contributed by atoms with E-state index in [-0.39, 0.29) is 12.7 Å². The van der Waals surface area contributed by atoms with Crippen LogP contribution in [0.2, 0.25) is 5.02 Å². The Hall–Kier alpha value is -6.22. The van der Waals surface area contributed by atoms with Crippen LogP contribution in [0.4, 0.5) is 0 Å². The van der Waals surface area contributed by atoms with Crippen molar-refractivity contribution in [1.29, 1.82) is 5.26 Å². The van der Waals surface area contributed by atoms with Crippen LogP contribution in [0.5, 0.6) is 17.2 Å². The van der Waals surface area contributed by atoms with E-state index in [1.165, 1.54) is 11.8 Å². The minimum Gasteiger partial charge on any atom is -0.493 e. The molecule has 2 N–H and O–H groups in total. The van der Waals surface area contributed by atoms with Crippen molar-refractivity contribution in [2.45, 2.75) is 65.6 Å². The summed E-state index contributed by atoms with van der Waals surface area (Å²) in [6.07, 6.45) is 4.77. The average molecular weight is 847 g/mol. The zero-order valence-electron chi connectivity index (χ0n) is 35.2. The second-order valence-electron chi connectivity index (χ2n) is 15.8. The van der Waals surface area contributed by atoms with Gasteiger partial charge in [0, 0.05) is 62.3 Å². The molecule has 0 spiro atoms. The highest BCUT2D eigenvalue weighted by Crippen LogP contribution is 2.36. The Balaban J connectivity index is 0.982. The van der Waals surface area contributed by atoms with Gasteiger partial charge in [-0.3, -0.25) is 4.98 Å². The van der Waals surface area contributed by atoms with Crippen molar-refractivity contribution in [3.8, 4) is 34.4 Å². The number of halogens is 1. The Morgan fingerprint density at radius 1 is 0.790 bits per heavy atom. The highest BCUT2D eigenvalue weighted by atomic mass is 35.5. The zero-order valence-corrected chi connectivity index (χ0v) is 35.9. The molecule has 5 aromatic carbocycles. The maximum absolute atomic E-state index is 9.85. The summed E-state index contributed by atoms with van der Waals surface area (Å²) < 4.78 is 21.4. The van der Waals surface area contributed by atoms with Crippen molar-refractivity contribution in [3.05, 3.63) is 171 Å². The molecular weight excluding hydrogens is 796 g/mol. The minimum absolute atomic E-state index is 0.204. The summed E-state index contributed by atoms with van der Waals surface area (Å²) in [7, 11) is 0. The fourth-order valence-electron chi connectivity index (χ4n) is 8.09. The summed E-state index contributed by atoms with van der Waals surface area (Å²) in [5.74, 6) is 2.90. The van der Waals surface area contributed by atoms with E-state index >= 15 is 0 Å². The second-order valence-corrected chi connectivity index (χ2v) is 16.2. The van der Waals surface area contributed by atoms with Crippen LogP contribution in [0.25, 0.3) is 22.2 Å². The van der Waals surface area contributed by atoms with Gasteiger partial charge in [-0.2, -0.15) is 5.26 Å². The third-order valence-electron chi connectivity index (χ3n) is 11.5. The number of para-hydroxylation sites is 2. The van der Waals surface area contributed by atoms with E-state index in [1.807, 2.05) is 48.5 Å². The summed E-state index contributed by atoms with van der Waals surface area (Å²) in [6.45, 7) is 9.62. The van der Waals surface area contributed by atoms with E-state index in [9.17, 15) is 10.4 Å². The molecule has 316 valence electrons. The fourth-order valence-corrected chi connectivity index (χ4v) is 8.34. The van der Waals surface area contributed by atoms with Gasteiger partial charge in [0.15, 0.2) is 0 Å². The Labute approximate surface area is 368 Å².